The van der Waals surface area contributed by atoms with Gasteiger partial charge in [0.1, 0.15) is 12.6 Å². The maximum atomic E-state index is 12.4. The minimum atomic E-state index is -3.87. The SMILES string of the molecule is Cc1ccc(C)c(S(=O)(=O)NCC(=O)O[C@@H](C)c2cccc([N+](=O)[O-])c2)c1. The lowest BCUT2D eigenvalue weighted by atomic mass is 10.1. The van der Waals surface area contributed by atoms with Gasteiger partial charge in [0.05, 0.1) is 9.82 Å². The van der Waals surface area contributed by atoms with E-state index in [2.05, 4.69) is 4.72 Å². The molecule has 0 aliphatic rings. The minimum absolute atomic E-state index is 0.0991. The highest BCUT2D eigenvalue weighted by Gasteiger charge is 2.20. The summed E-state index contributed by atoms with van der Waals surface area (Å²) in [6, 6.07) is 10.7. The Morgan fingerprint density at radius 2 is 1.93 bits per heavy atom. The van der Waals surface area contributed by atoms with E-state index in [1.807, 2.05) is 0 Å². The normalized spacial score (nSPS) is 12.4. The van der Waals surface area contributed by atoms with E-state index in [9.17, 15) is 23.3 Å². The van der Waals surface area contributed by atoms with Crippen molar-refractivity contribution in [1.82, 2.24) is 4.72 Å². The van der Waals surface area contributed by atoms with Crippen LogP contribution in [-0.2, 0) is 19.6 Å². The summed E-state index contributed by atoms with van der Waals surface area (Å²) in [6.07, 6.45) is -0.761. The Kier molecular flexibility index (Phi) is 6.29. The molecule has 0 unspecified atom stereocenters. The van der Waals surface area contributed by atoms with E-state index in [1.54, 1.807) is 39.0 Å². The quantitative estimate of drug-likeness (QED) is 0.440. The molecule has 2 aromatic carbocycles. The molecule has 0 aliphatic carbocycles. The van der Waals surface area contributed by atoms with E-state index < -0.39 is 33.6 Å². The van der Waals surface area contributed by atoms with Crippen molar-refractivity contribution >= 4 is 21.7 Å². The summed E-state index contributed by atoms with van der Waals surface area (Å²) in [5.74, 6) is -0.789. The number of nitrogens with one attached hydrogen (secondary N) is 1. The first-order chi connectivity index (χ1) is 12.6. The average Bonchev–Trinajstić information content (AvgIpc) is 2.62. The number of esters is 1. The van der Waals surface area contributed by atoms with E-state index >= 15 is 0 Å². The highest BCUT2D eigenvalue weighted by atomic mass is 32.2. The monoisotopic (exact) mass is 392 g/mol. The van der Waals surface area contributed by atoms with Crippen LogP contribution in [0.4, 0.5) is 5.69 Å². The van der Waals surface area contributed by atoms with Crippen LogP contribution in [0.5, 0.6) is 0 Å². The highest BCUT2D eigenvalue weighted by Crippen LogP contribution is 2.22. The van der Waals surface area contributed by atoms with Crippen LogP contribution in [0.25, 0.3) is 0 Å². The van der Waals surface area contributed by atoms with Gasteiger partial charge in [-0.3, -0.25) is 14.9 Å². The van der Waals surface area contributed by atoms with Crippen molar-refractivity contribution in [3.8, 4) is 0 Å². The molecular formula is C18H20N2O6S. The van der Waals surface area contributed by atoms with Crippen LogP contribution in [-0.4, -0.2) is 25.9 Å². The second-order valence-electron chi connectivity index (χ2n) is 6.08. The molecule has 0 spiro atoms. The third-order valence-electron chi connectivity index (χ3n) is 3.90. The molecule has 2 aromatic rings. The molecule has 2 rings (SSSR count). The number of rotatable bonds is 7. The van der Waals surface area contributed by atoms with Gasteiger partial charge in [-0.25, -0.2) is 8.42 Å². The summed E-state index contributed by atoms with van der Waals surface area (Å²) in [7, 11) is -3.87. The predicted octanol–water partition coefficient (Wildman–Crippen LogP) is 2.79. The maximum absolute atomic E-state index is 12.4. The topological polar surface area (TPSA) is 116 Å². The number of carbonyl (C=O) groups excluding carboxylic acids is 1. The number of benzene rings is 2. The van der Waals surface area contributed by atoms with Crippen LogP contribution in [0.3, 0.4) is 0 Å². The molecule has 8 nitrogen and oxygen atoms in total. The van der Waals surface area contributed by atoms with Crippen molar-refractivity contribution in [3.05, 3.63) is 69.3 Å². The van der Waals surface area contributed by atoms with E-state index in [1.165, 1.54) is 24.3 Å². The van der Waals surface area contributed by atoms with Crippen molar-refractivity contribution in [2.75, 3.05) is 6.54 Å². The lowest BCUT2D eigenvalue weighted by Gasteiger charge is -2.14. The summed E-state index contributed by atoms with van der Waals surface area (Å²) in [5, 5.41) is 10.8. The molecule has 0 fully saturated rings. The molecule has 1 N–H and O–H groups in total. The van der Waals surface area contributed by atoms with Crippen molar-refractivity contribution in [1.29, 1.82) is 0 Å². The molecule has 0 aromatic heterocycles. The molecule has 0 radical (unpaired) electrons. The third-order valence-corrected chi connectivity index (χ3v) is 5.44. The molecular weight excluding hydrogens is 372 g/mol. The van der Waals surface area contributed by atoms with Gasteiger partial charge in [-0.1, -0.05) is 24.3 Å². The van der Waals surface area contributed by atoms with E-state index in [0.29, 0.717) is 11.1 Å². The number of nitro benzene ring substituents is 1. The fourth-order valence-electron chi connectivity index (χ4n) is 2.43. The number of nitro groups is 1. The first-order valence-electron chi connectivity index (χ1n) is 8.11. The summed E-state index contributed by atoms with van der Waals surface area (Å²) in [4.78, 5) is 22.4. The van der Waals surface area contributed by atoms with Gasteiger partial charge < -0.3 is 4.74 Å². The Hall–Kier alpha value is -2.78. The molecule has 1 atom stereocenters. The van der Waals surface area contributed by atoms with E-state index in [4.69, 9.17) is 4.74 Å². The Morgan fingerprint density at radius 3 is 2.59 bits per heavy atom. The zero-order valence-corrected chi connectivity index (χ0v) is 15.9. The number of hydrogen-bond donors (Lipinski definition) is 1. The van der Waals surface area contributed by atoms with Gasteiger partial charge >= 0.3 is 5.97 Å². The van der Waals surface area contributed by atoms with Gasteiger partial charge in [-0.2, -0.15) is 4.72 Å². The van der Waals surface area contributed by atoms with Gasteiger partial charge in [0.25, 0.3) is 5.69 Å². The van der Waals surface area contributed by atoms with E-state index in [0.717, 1.165) is 5.56 Å². The van der Waals surface area contributed by atoms with Crippen LogP contribution in [0, 0.1) is 24.0 Å². The van der Waals surface area contributed by atoms with Gasteiger partial charge in [-0.05, 0) is 43.5 Å². The number of ether oxygens (including phenoxy) is 1. The molecule has 0 amide bonds. The Labute approximate surface area is 157 Å². The summed E-state index contributed by atoms with van der Waals surface area (Å²) in [5.41, 5.74) is 1.66. The standard InChI is InChI=1S/C18H20N2O6S/c1-12-7-8-13(2)17(9-12)27(24,25)19-11-18(21)26-14(3)15-5-4-6-16(10-15)20(22)23/h4-10,14,19H,11H2,1-3H3/t14-/m0/s1. The number of hydrogen-bond acceptors (Lipinski definition) is 6. The second-order valence-corrected chi connectivity index (χ2v) is 7.81. The number of aryl methyl sites for hydroxylation is 2. The molecule has 0 saturated carbocycles. The number of sulfonamides is 1. The third kappa shape index (κ3) is 5.35. The Balaban J connectivity index is 2.02. The second kappa shape index (κ2) is 8.28. The van der Waals surface area contributed by atoms with Gasteiger partial charge in [0.15, 0.2) is 0 Å². The highest BCUT2D eigenvalue weighted by molar-refractivity contribution is 7.89. The molecule has 27 heavy (non-hydrogen) atoms. The van der Waals surface area contributed by atoms with Crippen molar-refractivity contribution in [2.24, 2.45) is 0 Å². The molecule has 0 saturated heterocycles. The number of nitrogens with zero attached hydrogens (tertiary/aromatic N) is 1. The van der Waals surface area contributed by atoms with Gasteiger partial charge in [0.2, 0.25) is 10.0 Å². The maximum Gasteiger partial charge on any atom is 0.321 e. The Bertz CT molecular complexity index is 972. The smallest absolute Gasteiger partial charge is 0.321 e. The molecule has 9 heteroatoms. The van der Waals surface area contributed by atoms with Gasteiger partial charge in [0, 0.05) is 12.1 Å². The van der Waals surface area contributed by atoms with Gasteiger partial charge in [-0.15, -0.1) is 0 Å². The lowest BCUT2D eigenvalue weighted by molar-refractivity contribution is -0.385. The number of non-ortho nitro benzene ring substituents is 1. The Morgan fingerprint density at radius 1 is 1.22 bits per heavy atom. The molecule has 144 valence electrons. The molecule has 0 heterocycles. The first-order valence-corrected chi connectivity index (χ1v) is 9.59. The van der Waals surface area contributed by atoms with Crippen LogP contribution >= 0.6 is 0 Å². The summed E-state index contributed by atoms with van der Waals surface area (Å²) >= 11 is 0. The zero-order valence-electron chi connectivity index (χ0n) is 15.1. The first kappa shape index (κ1) is 20.5. The minimum Gasteiger partial charge on any atom is -0.457 e. The van der Waals surface area contributed by atoms with Crippen LogP contribution in [0.2, 0.25) is 0 Å². The lowest BCUT2D eigenvalue weighted by Crippen LogP contribution is -2.31. The average molecular weight is 392 g/mol. The fourth-order valence-corrected chi connectivity index (χ4v) is 3.72. The van der Waals surface area contributed by atoms with Crippen molar-refractivity contribution in [3.63, 3.8) is 0 Å². The largest absolute Gasteiger partial charge is 0.457 e. The zero-order chi connectivity index (χ0) is 20.2. The van der Waals surface area contributed by atoms with Crippen molar-refractivity contribution in [2.45, 2.75) is 31.8 Å². The fraction of sp³-hybridized carbons (Fsp3) is 0.278. The number of carbonyl (C=O) groups is 1. The van der Waals surface area contributed by atoms with Crippen molar-refractivity contribution < 1.29 is 22.9 Å². The molecule has 0 aliphatic heterocycles. The summed E-state index contributed by atoms with van der Waals surface area (Å²) < 4.78 is 32.2. The predicted molar refractivity (Wildman–Crippen MR) is 98.7 cm³/mol. The van der Waals surface area contributed by atoms with Crippen LogP contribution in [0.1, 0.15) is 29.7 Å². The van der Waals surface area contributed by atoms with Crippen LogP contribution < -0.4 is 4.72 Å². The van der Waals surface area contributed by atoms with E-state index in [-0.39, 0.29) is 10.6 Å². The molecule has 0 bridgehead atoms. The van der Waals surface area contributed by atoms with Crippen LogP contribution in [0.15, 0.2) is 47.4 Å². The summed E-state index contributed by atoms with van der Waals surface area (Å²) in [6.45, 7) is 4.44.